The molecule has 0 radical (unpaired) electrons. The summed E-state index contributed by atoms with van der Waals surface area (Å²) < 4.78 is 0. The van der Waals surface area contributed by atoms with Gasteiger partial charge in [0.15, 0.2) is 0 Å². The number of imide groups is 1. The highest BCUT2D eigenvalue weighted by Gasteiger charge is 2.62. The number of carbonyl (C=O) groups excluding carboxylic acids is 4. The van der Waals surface area contributed by atoms with Crippen LogP contribution in [0.1, 0.15) is 0 Å². The number of nitrogens with one attached hydrogen (secondary N) is 2. The van der Waals surface area contributed by atoms with Gasteiger partial charge in [-0.15, -0.1) is 0 Å². The summed E-state index contributed by atoms with van der Waals surface area (Å²) in [7, 11) is 0. The molecule has 0 aliphatic carbocycles. The van der Waals surface area contributed by atoms with Crippen LogP contribution in [0.15, 0.2) is 0 Å². The standard InChI is InChI=1S/C7H4N2O8/c10-1(3(12)13)7(2(11)4(14)15)5(16)8-6(17)9-7/h(H,12,13)(H,14,15)(H2,8,9,16,17). The maximum atomic E-state index is 11.2. The summed E-state index contributed by atoms with van der Waals surface area (Å²) in [4.78, 5) is 65.3. The summed E-state index contributed by atoms with van der Waals surface area (Å²) >= 11 is 0. The molecule has 4 N–H and O–H groups in total. The number of amides is 3. The molecule has 1 heterocycles. The number of carbonyl (C=O) groups is 6. The predicted molar refractivity (Wildman–Crippen MR) is 44.7 cm³/mol. The molecular formula is C7H4N2O8. The molecule has 1 fully saturated rings. The molecular weight excluding hydrogens is 240 g/mol. The third-order valence-electron chi connectivity index (χ3n) is 1.94. The average molecular weight is 244 g/mol. The van der Waals surface area contributed by atoms with Crippen molar-refractivity contribution in [1.82, 2.24) is 10.6 Å². The van der Waals surface area contributed by atoms with E-state index in [1.165, 1.54) is 10.6 Å². The van der Waals surface area contributed by atoms with Gasteiger partial charge in [-0.1, -0.05) is 0 Å². The maximum Gasteiger partial charge on any atom is 0.375 e. The highest BCUT2D eigenvalue weighted by Crippen LogP contribution is 2.14. The van der Waals surface area contributed by atoms with Crippen molar-refractivity contribution in [2.75, 3.05) is 0 Å². The minimum absolute atomic E-state index is 1.33. The fraction of sp³-hybridized carbons (Fsp3) is 0.143. The summed E-state index contributed by atoms with van der Waals surface area (Å²) in [6.07, 6.45) is 0. The molecule has 1 rings (SSSR count). The van der Waals surface area contributed by atoms with Crippen molar-refractivity contribution < 1.29 is 39.0 Å². The number of aliphatic carboxylic acids is 2. The van der Waals surface area contributed by atoms with E-state index >= 15 is 0 Å². The normalized spacial score (nSPS) is 16.9. The molecule has 0 unspecified atom stereocenters. The maximum absolute atomic E-state index is 11.2. The number of hydrogen-bond donors (Lipinski definition) is 4. The van der Waals surface area contributed by atoms with Gasteiger partial charge in [0.25, 0.3) is 23.0 Å². The highest BCUT2D eigenvalue weighted by molar-refractivity contribution is 6.59. The quantitative estimate of drug-likeness (QED) is 0.228. The van der Waals surface area contributed by atoms with Gasteiger partial charge in [-0.05, 0) is 0 Å². The third-order valence-corrected chi connectivity index (χ3v) is 1.94. The number of urea groups is 1. The van der Waals surface area contributed by atoms with Gasteiger partial charge >= 0.3 is 18.0 Å². The van der Waals surface area contributed by atoms with E-state index in [-0.39, 0.29) is 0 Å². The zero-order valence-electron chi connectivity index (χ0n) is 7.84. The van der Waals surface area contributed by atoms with Gasteiger partial charge in [-0.3, -0.25) is 19.7 Å². The minimum atomic E-state index is -3.24. The first-order chi connectivity index (χ1) is 7.73. The van der Waals surface area contributed by atoms with Gasteiger partial charge in [-0.25, -0.2) is 14.4 Å². The number of ketones is 2. The second kappa shape index (κ2) is 3.66. The second-order valence-corrected chi connectivity index (χ2v) is 2.93. The van der Waals surface area contributed by atoms with Crippen molar-refractivity contribution in [3.05, 3.63) is 0 Å². The number of rotatable bonds is 4. The third kappa shape index (κ3) is 1.60. The van der Waals surface area contributed by atoms with Gasteiger partial charge in [0.1, 0.15) is 0 Å². The van der Waals surface area contributed by atoms with E-state index in [0.717, 1.165) is 0 Å². The summed E-state index contributed by atoms with van der Waals surface area (Å²) in [6.45, 7) is 0. The smallest absolute Gasteiger partial charge is 0.375 e. The fourth-order valence-electron chi connectivity index (χ4n) is 1.20. The van der Waals surface area contributed by atoms with Crippen LogP contribution >= 0.6 is 0 Å². The lowest BCUT2D eigenvalue weighted by atomic mass is 9.89. The van der Waals surface area contributed by atoms with Crippen LogP contribution in [0.25, 0.3) is 0 Å². The molecule has 90 valence electrons. The number of carboxylic acid groups (broad SMARTS) is 2. The molecule has 0 spiro atoms. The van der Waals surface area contributed by atoms with Gasteiger partial charge in [0.05, 0.1) is 0 Å². The molecule has 0 aromatic rings. The van der Waals surface area contributed by atoms with Crippen LogP contribution in [0.3, 0.4) is 0 Å². The lowest BCUT2D eigenvalue weighted by Gasteiger charge is -2.17. The van der Waals surface area contributed by atoms with E-state index in [9.17, 15) is 28.8 Å². The lowest BCUT2D eigenvalue weighted by molar-refractivity contribution is -0.161. The van der Waals surface area contributed by atoms with Crippen molar-refractivity contribution in [2.45, 2.75) is 5.54 Å². The van der Waals surface area contributed by atoms with E-state index in [2.05, 4.69) is 0 Å². The van der Waals surface area contributed by atoms with Crippen LogP contribution in [-0.4, -0.2) is 51.2 Å². The number of carboxylic acids is 2. The Hall–Kier alpha value is -2.78. The Morgan fingerprint density at radius 1 is 0.941 bits per heavy atom. The number of hydrogen-bond acceptors (Lipinski definition) is 6. The van der Waals surface area contributed by atoms with Crippen LogP contribution < -0.4 is 10.6 Å². The van der Waals surface area contributed by atoms with E-state index < -0.39 is 41.0 Å². The predicted octanol–water partition coefficient (Wildman–Crippen LogP) is -3.13. The molecule has 3 amide bonds. The first-order valence-electron chi connectivity index (χ1n) is 3.92. The molecule has 10 nitrogen and oxygen atoms in total. The molecule has 0 saturated carbocycles. The Balaban J connectivity index is 3.39. The molecule has 1 aliphatic heterocycles. The molecule has 1 saturated heterocycles. The van der Waals surface area contributed by atoms with Crippen molar-refractivity contribution in [2.24, 2.45) is 0 Å². The van der Waals surface area contributed by atoms with Crippen LogP contribution in [0.5, 0.6) is 0 Å². The molecule has 0 atom stereocenters. The Kier molecular flexibility index (Phi) is 2.65. The van der Waals surface area contributed by atoms with E-state index in [0.29, 0.717) is 0 Å². The summed E-state index contributed by atoms with van der Waals surface area (Å²) in [5.74, 6) is -10.2. The fourth-order valence-corrected chi connectivity index (χ4v) is 1.20. The van der Waals surface area contributed by atoms with Crippen molar-refractivity contribution in [1.29, 1.82) is 0 Å². The Labute approximate surface area is 91.6 Å². The number of Topliss-reactive ketones (excluding diaryl/α,β-unsaturated/α-hetero) is 2. The van der Waals surface area contributed by atoms with Crippen LogP contribution in [0.2, 0.25) is 0 Å². The topological polar surface area (TPSA) is 167 Å². The van der Waals surface area contributed by atoms with Gasteiger partial charge in [0, 0.05) is 0 Å². The Bertz CT molecular complexity index is 452. The second-order valence-electron chi connectivity index (χ2n) is 2.93. The molecule has 10 heteroatoms. The molecule has 17 heavy (non-hydrogen) atoms. The summed E-state index contributed by atoms with van der Waals surface area (Å²) in [6, 6.07) is -1.33. The SMILES string of the molecule is O=C1NC(=O)C(C(=O)C(=O)O)(C(=O)C(=O)O)N1. The van der Waals surface area contributed by atoms with E-state index in [1.54, 1.807) is 0 Å². The van der Waals surface area contributed by atoms with Crippen LogP contribution in [0, 0.1) is 0 Å². The van der Waals surface area contributed by atoms with Crippen molar-refractivity contribution >= 4 is 35.4 Å². The average Bonchev–Trinajstić information content (AvgIpc) is 2.52. The summed E-state index contributed by atoms with van der Waals surface area (Å²) in [5, 5.41) is 19.7. The molecule has 0 bridgehead atoms. The lowest BCUT2D eigenvalue weighted by Crippen LogP contribution is -2.64. The van der Waals surface area contributed by atoms with Gasteiger partial charge in [-0.2, -0.15) is 0 Å². The molecule has 0 aromatic heterocycles. The van der Waals surface area contributed by atoms with Crippen LogP contribution in [0.4, 0.5) is 4.79 Å². The van der Waals surface area contributed by atoms with E-state index in [4.69, 9.17) is 10.2 Å². The zero-order chi connectivity index (χ0) is 13.4. The van der Waals surface area contributed by atoms with E-state index in [1.807, 2.05) is 0 Å². The minimum Gasteiger partial charge on any atom is -0.475 e. The highest BCUT2D eigenvalue weighted by atomic mass is 16.4. The Morgan fingerprint density at radius 2 is 1.35 bits per heavy atom. The first-order valence-corrected chi connectivity index (χ1v) is 3.92. The zero-order valence-corrected chi connectivity index (χ0v) is 7.84. The van der Waals surface area contributed by atoms with Gasteiger partial charge < -0.3 is 15.5 Å². The van der Waals surface area contributed by atoms with Crippen LogP contribution in [-0.2, 0) is 24.0 Å². The Morgan fingerprint density at radius 3 is 1.59 bits per heavy atom. The van der Waals surface area contributed by atoms with Crippen molar-refractivity contribution in [3.63, 3.8) is 0 Å². The monoisotopic (exact) mass is 244 g/mol. The first kappa shape index (κ1) is 12.3. The van der Waals surface area contributed by atoms with Gasteiger partial charge in [0.2, 0.25) is 0 Å². The molecule has 1 aliphatic rings. The van der Waals surface area contributed by atoms with Crippen molar-refractivity contribution in [3.8, 4) is 0 Å². The summed E-state index contributed by atoms with van der Waals surface area (Å²) in [5.41, 5.74) is -3.24. The molecule has 0 aromatic carbocycles. The largest absolute Gasteiger partial charge is 0.475 e.